The highest BCUT2D eigenvalue weighted by atomic mass is 16.3. The molecular weight excluding hydrogens is 256 g/mol. The maximum absolute atomic E-state index is 10.5. The summed E-state index contributed by atoms with van der Waals surface area (Å²) in [7, 11) is 0. The average molecular weight is 288 g/mol. The van der Waals surface area contributed by atoms with Crippen LogP contribution in [-0.2, 0) is 6.42 Å². The van der Waals surface area contributed by atoms with Crippen LogP contribution in [0, 0.1) is 17.3 Å². The molecule has 0 radical (unpaired) electrons. The highest BCUT2D eigenvalue weighted by Crippen LogP contribution is 2.42. The zero-order valence-corrected chi connectivity index (χ0v) is 14.4. The average Bonchev–Trinajstić information content (AvgIpc) is 2.38. The van der Waals surface area contributed by atoms with Crippen LogP contribution >= 0.6 is 0 Å². The summed E-state index contributed by atoms with van der Waals surface area (Å²) in [6.07, 6.45) is 4.33. The van der Waals surface area contributed by atoms with Gasteiger partial charge in [0.1, 0.15) is 0 Å². The third kappa shape index (κ3) is 4.10. The third-order valence-electron chi connectivity index (χ3n) is 5.39. The van der Waals surface area contributed by atoms with Crippen LogP contribution in [0.2, 0.25) is 0 Å². The lowest BCUT2D eigenvalue weighted by molar-refractivity contribution is -0.0125. The molecule has 1 saturated carbocycles. The highest BCUT2D eigenvalue weighted by Gasteiger charge is 2.38. The first-order valence-electron chi connectivity index (χ1n) is 8.56. The van der Waals surface area contributed by atoms with Gasteiger partial charge >= 0.3 is 0 Å². The lowest BCUT2D eigenvalue weighted by atomic mass is 9.65. The van der Waals surface area contributed by atoms with E-state index in [4.69, 9.17) is 0 Å². The predicted octanol–water partition coefficient (Wildman–Crippen LogP) is 5.18. The molecule has 21 heavy (non-hydrogen) atoms. The van der Waals surface area contributed by atoms with Crippen molar-refractivity contribution < 1.29 is 5.11 Å². The maximum Gasteiger partial charge on any atom is 0.0576 e. The van der Waals surface area contributed by atoms with Crippen molar-refractivity contribution in [1.82, 2.24) is 0 Å². The molecular formula is C20H32O. The quantitative estimate of drug-likeness (QED) is 0.809. The van der Waals surface area contributed by atoms with Crippen LogP contribution in [0.3, 0.4) is 0 Å². The van der Waals surface area contributed by atoms with E-state index < -0.39 is 0 Å². The first kappa shape index (κ1) is 16.5. The molecule has 0 bridgehead atoms. The Bertz CT molecular complexity index is 443. The van der Waals surface area contributed by atoms with Gasteiger partial charge in [-0.05, 0) is 53.6 Å². The number of hydrogen-bond acceptors (Lipinski definition) is 1. The lowest BCUT2D eigenvalue weighted by Gasteiger charge is -2.42. The Morgan fingerprint density at radius 2 is 1.76 bits per heavy atom. The minimum atomic E-state index is -0.126. The Hall–Kier alpha value is -0.820. The number of rotatable bonds is 4. The van der Waals surface area contributed by atoms with Crippen molar-refractivity contribution in [2.75, 3.05) is 0 Å². The summed E-state index contributed by atoms with van der Waals surface area (Å²) in [5, 5.41) is 10.5. The second-order valence-corrected chi connectivity index (χ2v) is 8.15. The minimum Gasteiger partial charge on any atom is -0.393 e. The summed E-state index contributed by atoms with van der Waals surface area (Å²) in [6, 6.07) is 9.06. The Balaban J connectivity index is 2.06. The van der Waals surface area contributed by atoms with Crippen LogP contribution in [0.1, 0.15) is 70.9 Å². The molecule has 1 N–H and O–H groups in total. The monoisotopic (exact) mass is 288 g/mol. The number of benzene rings is 1. The van der Waals surface area contributed by atoms with Gasteiger partial charge in [-0.1, -0.05) is 65.3 Å². The molecule has 0 amide bonds. The summed E-state index contributed by atoms with van der Waals surface area (Å²) >= 11 is 0. The smallest absolute Gasteiger partial charge is 0.0576 e. The van der Waals surface area contributed by atoms with Crippen LogP contribution < -0.4 is 0 Å². The normalized spacial score (nSPS) is 27.1. The topological polar surface area (TPSA) is 20.2 Å². The van der Waals surface area contributed by atoms with Crippen molar-refractivity contribution in [3.8, 4) is 0 Å². The summed E-state index contributed by atoms with van der Waals surface area (Å²) in [5.41, 5.74) is 2.97. The summed E-state index contributed by atoms with van der Waals surface area (Å²) in [4.78, 5) is 0. The predicted molar refractivity (Wildman–Crippen MR) is 90.5 cm³/mol. The molecule has 1 aromatic carbocycles. The van der Waals surface area contributed by atoms with Gasteiger partial charge in [0.05, 0.1) is 6.10 Å². The van der Waals surface area contributed by atoms with E-state index in [0.717, 1.165) is 12.8 Å². The van der Waals surface area contributed by atoms with Crippen molar-refractivity contribution >= 4 is 0 Å². The van der Waals surface area contributed by atoms with Gasteiger partial charge in [-0.3, -0.25) is 0 Å². The third-order valence-corrected chi connectivity index (χ3v) is 5.39. The molecule has 118 valence electrons. The second-order valence-electron chi connectivity index (χ2n) is 8.15. The van der Waals surface area contributed by atoms with Gasteiger partial charge in [0.2, 0.25) is 0 Å². The Labute approximate surface area is 130 Å². The fraction of sp³-hybridized carbons (Fsp3) is 0.700. The second kappa shape index (κ2) is 6.52. The van der Waals surface area contributed by atoms with Crippen molar-refractivity contribution in [3.63, 3.8) is 0 Å². The van der Waals surface area contributed by atoms with E-state index in [-0.39, 0.29) is 11.5 Å². The standard InChI is InChI=1S/C20H32O/c1-14(2)17-9-7-16(8-10-17)13-20(4,5)18-11-6-15(3)12-19(18)21/h7-10,14-15,18-19,21H,6,11-13H2,1-5H3. The van der Waals surface area contributed by atoms with E-state index in [9.17, 15) is 5.11 Å². The fourth-order valence-electron chi connectivity index (χ4n) is 3.94. The van der Waals surface area contributed by atoms with Crippen LogP contribution in [-0.4, -0.2) is 11.2 Å². The van der Waals surface area contributed by atoms with Crippen molar-refractivity contribution in [2.24, 2.45) is 17.3 Å². The zero-order chi connectivity index (χ0) is 15.6. The van der Waals surface area contributed by atoms with Crippen molar-refractivity contribution in [2.45, 2.75) is 72.3 Å². The molecule has 3 atom stereocenters. The van der Waals surface area contributed by atoms with Crippen LogP contribution in [0.5, 0.6) is 0 Å². The zero-order valence-electron chi connectivity index (χ0n) is 14.4. The Morgan fingerprint density at radius 3 is 2.29 bits per heavy atom. The van der Waals surface area contributed by atoms with Crippen LogP contribution in [0.25, 0.3) is 0 Å². The number of aliphatic hydroxyl groups is 1. The van der Waals surface area contributed by atoms with Crippen LogP contribution in [0.15, 0.2) is 24.3 Å². The van der Waals surface area contributed by atoms with Gasteiger partial charge in [0.25, 0.3) is 0 Å². The molecule has 0 aliphatic heterocycles. The van der Waals surface area contributed by atoms with Crippen molar-refractivity contribution in [3.05, 3.63) is 35.4 Å². The number of hydrogen-bond donors (Lipinski definition) is 1. The van der Waals surface area contributed by atoms with Gasteiger partial charge in [0.15, 0.2) is 0 Å². The maximum atomic E-state index is 10.5. The van der Waals surface area contributed by atoms with E-state index in [0.29, 0.717) is 17.8 Å². The van der Waals surface area contributed by atoms with Gasteiger partial charge in [-0.2, -0.15) is 0 Å². The largest absolute Gasteiger partial charge is 0.393 e. The molecule has 1 aliphatic carbocycles. The van der Waals surface area contributed by atoms with Crippen LogP contribution in [0.4, 0.5) is 0 Å². The molecule has 1 aliphatic rings. The highest BCUT2D eigenvalue weighted by molar-refractivity contribution is 5.25. The van der Waals surface area contributed by atoms with E-state index in [1.54, 1.807) is 0 Å². The molecule has 3 unspecified atom stereocenters. The van der Waals surface area contributed by atoms with E-state index >= 15 is 0 Å². The Morgan fingerprint density at radius 1 is 1.14 bits per heavy atom. The fourth-order valence-corrected chi connectivity index (χ4v) is 3.94. The molecule has 0 aromatic heterocycles. The minimum absolute atomic E-state index is 0.126. The molecule has 0 spiro atoms. The first-order valence-corrected chi connectivity index (χ1v) is 8.56. The number of aliphatic hydroxyl groups excluding tert-OH is 1. The molecule has 0 saturated heterocycles. The summed E-state index contributed by atoms with van der Waals surface area (Å²) < 4.78 is 0. The van der Waals surface area contributed by atoms with Gasteiger partial charge in [0, 0.05) is 0 Å². The van der Waals surface area contributed by atoms with E-state index in [1.165, 1.54) is 24.0 Å². The van der Waals surface area contributed by atoms with Gasteiger partial charge in [-0.25, -0.2) is 0 Å². The summed E-state index contributed by atoms with van der Waals surface area (Å²) in [6.45, 7) is 11.4. The SMILES string of the molecule is CC1CCC(C(C)(C)Cc2ccc(C(C)C)cc2)C(O)C1. The molecule has 1 nitrogen and oxygen atoms in total. The Kier molecular flexibility index (Phi) is 5.14. The van der Waals surface area contributed by atoms with E-state index in [1.807, 2.05) is 0 Å². The van der Waals surface area contributed by atoms with Gasteiger partial charge < -0.3 is 5.11 Å². The molecule has 2 rings (SSSR count). The van der Waals surface area contributed by atoms with Crippen molar-refractivity contribution in [1.29, 1.82) is 0 Å². The molecule has 0 heterocycles. The first-order chi connectivity index (χ1) is 9.79. The van der Waals surface area contributed by atoms with Gasteiger partial charge in [-0.15, -0.1) is 0 Å². The summed E-state index contributed by atoms with van der Waals surface area (Å²) in [5.74, 6) is 1.70. The van der Waals surface area contributed by atoms with E-state index in [2.05, 4.69) is 58.9 Å². The molecule has 1 heteroatoms. The molecule has 1 aromatic rings. The lowest BCUT2D eigenvalue weighted by Crippen LogP contribution is -2.39. The molecule has 1 fully saturated rings.